The molecule has 1 aromatic rings. The molecule has 0 aliphatic heterocycles. The lowest BCUT2D eigenvalue weighted by Gasteiger charge is -2.17. The minimum absolute atomic E-state index is 0.0223. The predicted molar refractivity (Wildman–Crippen MR) is 79.1 cm³/mol. The molecule has 1 aromatic carbocycles. The van der Waals surface area contributed by atoms with Gasteiger partial charge in [-0.05, 0) is 37.5 Å². The first-order valence-electron chi connectivity index (χ1n) is 7.17. The Bertz CT molecular complexity index is 521. The smallest absolute Gasteiger partial charge is 0.416 e. The summed E-state index contributed by atoms with van der Waals surface area (Å²) < 4.78 is 43.9. The first-order valence-corrected chi connectivity index (χ1v) is 7.17. The Morgan fingerprint density at radius 2 is 2.09 bits per heavy atom. The van der Waals surface area contributed by atoms with E-state index in [4.69, 9.17) is 9.84 Å². The van der Waals surface area contributed by atoms with Crippen molar-refractivity contribution in [3.63, 3.8) is 0 Å². The van der Waals surface area contributed by atoms with Gasteiger partial charge in [-0.15, -0.1) is 0 Å². The SMILES string of the molecule is COc1ccc(CNC(=O)NC(C)CCCO)c(C(F)(F)F)c1. The summed E-state index contributed by atoms with van der Waals surface area (Å²) in [6.45, 7) is 1.52. The molecule has 23 heavy (non-hydrogen) atoms. The number of amides is 2. The van der Waals surface area contributed by atoms with Crippen LogP contribution in [0.3, 0.4) is 0 Å². The molecule has 0 saturated carbocycles. The van der Waals surface area contributed by atoms with Crippen molar-refractivity contribution in [1.82, 2.24) is 10.6 Å². The van der Waals surface area contributed by atoms with Gasteiger partial charge in [0.1, 0.15) is 5.75 Å². The number of aliphatic hydroxyl groups is 1. The first-order chi connectivity index (χ1) is 10.8. The highest BCUT2D eigenvalue weighted by atomic mass is 19.4. The number of urea groups is 1. The molecular formula is C15H21F3N2O3. The summed E-state index contributed by atoms with van der Waals surface area (Å²) >= 11 is 0. The summed E-state index contributed by atoms with van der Waals surface area (Å²) in [5.41, 5.74) is -0.887. The molecular weight excluding hydrogens is 313 g/mol. The van der Waals surface area contributed by atoms with Crippen molar-refractivity contribution in [3.05, 3.63) is 29.3 Å². The maximum Gasteiger partial charge on any atom is 0.416 e. The third-order valence-electron chi connectivity index (χ3n) is 3.23. The molecule has 1 rings (SSSR count). The number of alkyl halides is 3. The fourth-order valence-electron chi connectivity index (χ4n) is 2.02. The van der Waals surface area contributed by atoms with E-state index in [1.54, 1.807) is 6.92 Å². The van der Waals surface area contributed by atoms with Crippen LogP contribution in [0, 0.1) is 0 Å². The van der Waals surface area contributed by atoms with Crippen LogP contribution in [0.15, 0.2) is 18.2 Å². The number of benzene rings is 1. The van der Waals surface area contributed by atoms with Gasteiger partial charge < -0.3 is 20.5 Å². The van der Waals surface area contributed by atoms with Crippen molar-refractivity contribution in [1.29, 1.82) is 0 Å². The number of hydrogen-bond acceptors (Lipinski definition) is 3. The summed E-state index contributed by atoms with van der Waals surface area (Å²) in [4.78, 5) is 11.7. The number of ether oxygens (including phenoxy) is 1. The average molecular weight is 334 g/mol. The largest absolute Gasteiger partial charge is 0.497 e. The van der Waals surface area contributed by atoms with Crippen LogP contribution in [0.2, 0.25) is 0 Å². The molecule has 130 valence electrons. The molecule has 0 aliphatic rings. The number of methoxy groups -OCH3 is 1. The number of hydrogen-bond donors (Lipinski definition) is 3. The molecule has 0 fully saturated rings. The molecule has 0 radical (unpaired) electrons. The molecule has 1 atom stereocenters. The Kier molecular flexibility index (Phi) is 7.15. The fraction of sp³-hybridized carbons (Fsp3) is 0.533. The van der Waals surface area contributed by atoms with Gasteiger partial charge in [0.25, 0.3) is 0 Å². The third kappa shape index (κ3) is 6.35. The Hall–Kier alpha value is -1.96. The van der Waals surface area contributed by atoms with E-state index in [1.165, 1.54) is 19.2 Å². The van der Waals surface area contributed by atoms with Crippen LogP contribution in [0.1, 0.15) is 30.9 Å². The number of rotatable bonds is 7. The summed E-state index contributed by atoms with van der Waals surface area (Å²) in [5, 5.41) is 13.7. The van der Waals surface area contributed by atoms with Crippen molar-refractivity contribution >= 4 is 6.03 Å². The number of nitrogens with one attached hydrogen (secondary N) is 2. The molecule has 0 aliphatic carbocycles. The zero-order valence-electron chi connectivity index (χ0n) is 13.0. The Labute approximate surface area is 132 Å². The van der Waals surface area contributed by atoms with E-state index in [2.05, 4.69) is 10.6 Å². The van der Waals surface area contributed by atoms with Crippen molar-refractivity contribution in [2.24, 2.45) is 0 Å². The molecule has 0 spiro atoms. The fourth-order valence-corrected chi connectivity index (χ4v) is 2.02. The van der Waals surface area contributed by atoms with Crippen LogP contribution in [0.25, 0.3) is 0 Å². The quantitative estimate of drug-likeness (QED) is 0.718. The predicted octanol–water partition coefficient (Wildman–Crippen LogP) is 2.67. The number of aliphatic hydroxyl groups excluding tert-OH is 1. The Balaban J connectivity index is 2.68. The van der Waals surface area contributed by atoms with Crippen LogP contribution >= 0.6 is 0 Å². The van der Waals surface area contributed by atoms with Crippen molar-refractivity contribution < 1.29 is 27.8 Å². The minimum Gasteiger partial charge on any atom is -0.497 e. The summed E-state index contributed by atoms with van der Waals surface area (Å²) in [6.07, 6.45) is -3.41. The number of carbonyl (C=O) groups is 1. The van der Waals surface area contributed by atoms with Gasteiger partial charge in [0.15, 0.2) is 0 Å². The molecule has 5 nitrogen and oxygen atoms in total. The highest BCUT2D eigenvalue weighted by Gasteiger charge is 2.33. The lowest BCUT2D eigenvalue weighted by molar-refractivity contribution is -0.138. The lowest BCUT2D eigenvalue weighted by atomic mass is 10.1. The van der Waals surface area contributed by atoms with E-state index in [0.717, 1.165) is 6.07 Å². The van der Waals surface area contributed by atoms with Crippen molar-refractivity contribution in [3.8, 4) is 5.75 Å². The van der Waals surface area contributed by atoms with Gasteiger partial charge in [-0.25, -0.2) is 4.79 Å². The van der Waals surface area contributed by atoms with Crippen LogP contribution in [0.5, 0.6) is 5.75 Å². The maximum absolute atomic E-state index is 13.0. The summed E-state index contributed by atoms with van der Waals surface area (Å²) in [5.74, 6) is 0.100. The van der Waals surface area contributed by atoms with Gasteiger partial charge in [-0.1, -0.05) is 6.07 Å². The first kappa shape index (κ1) is 19.1. The standard InChI is InChI=1S/C15H21F3N2O3/c1-10(4-3-7-21)20-14(22)19-9-11-5-6-12(23-2)8-13(11)15(16,17)18/h5-6,8,10,21H,3-4,7,9H2,1-2H3,(H2,19,20,22). The minimum atomic E-state index is -4.53. The van der Waals surface area contributed by atoms with Crippen LogP contribution in [-0.4, -0.2) is 30.9 Å². The number of halogens is 3. The zero-order valence-corrected chi connectivity index (χ0v) is 13.0. The van der Waals surface area contributed by atoms with Gasteiger partial charge in [-0.2, -0.15) is 13.2 Å². The summed E-state index contributed by atoms with van der Waals surface area (Å²) in [6, 6.07) is 2.85. The van der Waals surface area contributed by atoms with Crippen LogP contribution in [-0.2, 0) is 12.7 Å². The molecule has 0 heterocycles. The van der Waals surface area contributed by atoms with Gasteiger partial charge in [-0.3, -0.25) is 0 Å². The van der Waals surface area contributed by atoms with E-state index in [0.29, 0.717) is 12.8 Å². The normalized spacial score (nSPS) is 12.6. The second kappa shape index (κ2) is 8.61. The topological polar surface area (TPSA) is 70.6 Å². The molecule has 2 amide bonds. The molecule has 1 unspecified atom stereocenters. The summed E-state index contributed by atoms with van der Waals surface area (Å²) in [7, 11) is 1.29. The van der Waals surface area contributed by atoms with Gasteiger partial charge in [0.05, 0.1) is 12.7 Å². The molecule has 0 bridgehead atoms. The van der Waals surface area contributed by atoms with E-state index in [1.807, 2.05) is 0 Å². The monoisotopic (exact) mass is 334 g/mol. The van der Waals surface area contributed by atoms with E-state index >= 15 is 0 Å². The van der Waals surface area contributed by atoms with Crippen LogP contribution in [0.4, 0.5) is 18.0 Å². The average Bonchev–Trinajstić information content (AvgIpc) is 2.49. The van der Waals surface area contributed by atoms with E-state index in [-0.39, 0.29) is 30.5 Å². The molecule has 0 saturated heterocycles. The van der Waals surface area contributed by atoms with E-state index < -0.39 is 17.8 Å². The number of carbonyl (C=O) groups excluding carboxylic acids is 1. The van der Waals surface area contributed by atoms with Gasteiger partial charge >= 0.3 is 12.2 Å². The molecule has 0 aromatic heterocycles. The molecule has 8 heteroatoms. The lowest BCUT2D eigenvalue weighted by Crippen LogP contribution is -2.40. The van der Waals surface area contributed by atoms with Crippen LogP contribution < -0.4 is 15.4 Å². The van der Waals surface area contributed by atoms with Gasteiger partial charge in [0.2, 0.25) is 0 Å². The zero-order chi connectivity index (χ0) is 17.5. The van der Waals surface area contributed by atoms with Crippen molar-refractivity contribution in [2.45, 2.75) is 38.5 Å². The maximum atomic E-state index is 13.0. The van der Waals surface area contributed by atoms with E-state index in [9.17, 15) is 18.0 Å². The second-order valence-electron chi connectivity index (χ2n) is 5.11. The Morgan fingerprint density at radius 3 is 2.65 bits per heavy atom. The third-order valence-corrected chi connectivity index (χ3v) is 3.23. The molecule has 3 N–H and O–H groups in total. The highest BCUT2D eigenvalue weighted by Crippen LogP contribution is 2.34. The van der Waals surface area contributed by atoms with Gasteiger partial charge in [0, 0.05) is 19.2 Å². The van der Waals surface area contributed by atoms with Crippen molar-refractivity contribution in [2.75, 3.05) is 13.7 Å². The Morgan fingerprint density at radius 1 is 1.39 bits per heavy atom. The highest BCUT2D eigenvalue weighted by molar-refractivity contribution is 5.74. The second-order valence-corrected chi connectivity index (χ2v) is 5.11.